The molecule has 1 aliphatic heterocycles. The van der Waals surface area contributed by atoms with Crippen molar-refractivity contribution in [3.8, 4) is 0 Å². The Bertz CT molecular complexity index is 321. The SMILES string of the molecule is CCN(C(=O)C(C(F)(F)F)C(F)(F)F)C1CCNCC1. The molecule has 1 saturated heterocycles. The molecule has 0 atom stereocenters. The second-order valence-corrected chi connectivity index (χ2v) is 4.62. The fraction of sp³-hybridized carbons (Fsp3) is 0.909. The predicted molar refractivity (Wildman–Crippen MR) is 58.9 cm³/mol. The zero-order valence-electron chi connectivity index (χ0n) is 10.8. The zero-order chi connectivity index (χ0) is 15.6. The number of carbonyl (C=O) groups is 1. The van der Waals surface area contributed by atoms with E-state index in [9.17, 15) is 31.1 Å². The number of amides is 1. The van der Waals surface area contributed by atoms with Gasteiger partial charge in [0.25, 0.3) is 0 Å². The Hall–Kier alpha value is -0.990. The summed E-state index contributed by atoms with van der Waals surface area (Å²) in [5.41, 5.74) is 0. The quantitative estimate of drug-likeness (QED) is 0.812. The molecule has 1 amide bonds. The van der Waals surface area contributed by atoms with E-state index in [1.54, 1.807) is 0 Å². The normalized spacial score (nSPS) is 18.4. The van der Waals surface area contributed by atoms with Gasteiger partial charge in [-0.15, -0.1) is 0 Å². The van der Waals surface area contributed by atoms with E-state index in [0.29, 0.717) is 30.8 Å². The zero-order valence-corrected chi connectivity index (χ0v) is 10.8. The van der Waals surface area contributed by atoms with Crippen LogP contribution in [0.5, 0.6) is 0 Å². The van der Waals surface area contributed by atoms with Gasteiger partial charge in [-0.25, -0.2) is 0 Å². The molecule has 9 heteroatoms. The Morgan fingerprint density at radius 3 is 1.95 bits per heavy atom. The topological polar surface area (TPSA) is 32.3 Å². The molecule has 1 heterocycles. The van der Waals surface area contributed by atoms with Gasteiger partial charge in [-0.05, 0) is 32.9 Å². The third kappa shape index (κ3) is 4.00. The molecule has 0 bridgehead atoms. The maximum atomic E-state index is 12.6. The number of piperidine rings is 1. The van der Waals surface area contributed by atoms with E-state index in [4.69, 9.17) is 0 Å². The smallest absolute Gasteiger partial charge is 0.339 e. The molecule has 0 aromatic carbocycles. The van der Waals surface area contributed by atoms with Crippen molar-refractivity contribution in [2.75, 3.05) is 19.6 Å². The van der Waals surface area contributed by atoms with Crippen molar-refractivity contribution in [3.05, 3.63) is 0 Å². The number of nitrogens with zero attached hydrogens (tertiary/aromatic N) is 1. The van der Waals surface area contributed by atoms with Crippen molar-refractivity contribution in [1.29, 1.82) is 0 Å². The molecular weight excluding hydrogens is 290 g/mol. The van der Waals surface area contributed by atoms with Crippen LogP contribution in [0.2, 0.25) is 0 Å². The van der Waals surface area contributed by atoms with Crippen LogP contribution in [0.1, 0.15) is 19.8 Å². The van der Waals surface area contributed by atoms with Crippen molar-refractivity contribution in [2.24, 2.45) is 5.92 Å². The first kappa shape index (κ1) is 17.1. The van der Waals surface area contributed by atoms with Crippen molar-refractivity contribution in [3.63, 3.8) is 0 Å². The van der Waals surface area contributed by atoms with Crippen molar-refractivity contribution < 1.29 is 31.1 Å². The van der Waals surface area contributed by atoms with Crippen LogP contribution in [-0.4, -0.2) is 48.8 Å². The first-order valence-electron chi connectivity index (χ1n) is 6.23. The third-order valence-corrected chi connectivity index (χ3v) is 3.27. The first-order chi connectivity index (χ1) is 9.09. The van der Waals surface area contributed by atoms with Gasteiger partial charge in [-0.3, -0.25) is 4.79 Å². The summed E-state index contributed by atoms with van der Waals surface area (Å²) in [5, 5.41) is 2.94. The number of hydrogen-bond acceptors (Lipinski definition) is 2. The molecule has 1 N–H and O–H groups in total. The number of hydrogen-bond donors (Lipinski definition) is 1. The Labute approximate surface area is 112 Å². The highest BCUT2D eigenvalue weighted by Crippen LogP contribution is 2.40. The van der Waals surface area contributed by atoms with Crippen molar-refractivity contribution >= 4 is 5.91 Å². The summed E-state index contributed by atoms with van der Waals surface area (Å²) >= 11 is 0. The van der Waals surface area contributed by atoms with E-state index in [2.05, 4.69) is 5.32 Å². The summed E-state index contributed by atoms with van der Waals surface area (Å²) in [7, 11) is 0. The summed E-state index contributed by atoms with van der Waals surface area (Å²) in [6, 6.07) is -0.582. The van der Waals surface area contributed by atoms with Gasteiger partial charge in [0, 0.05) is 12.6 Å². The van der Waals surface area contributed by atoms with Crippen molar-refractivity contribution in [1.82, 2.24) is 10.2 Å². The Morgan fingerprint density at radius 2 is 1.60 bits per heavy atom. The van der Waals surface area contributed by atoms with E-state index in [1.165, 1.54) is 6.92 Å². The molecule has 0 aliphatic carbocycles. The Kier molecular flexibility index (Phi) is 5.28. The summed E-state index contributed by atoms with van der Waals surface area (Å²) in [5.74, 6) is -5.84. The largest absolute Gasteiger partial charge is 0.409 e. The van der Waals surface area contributed by atoms with Gasteiger partial charge in [-0.2, -0.15) is 26.3 Å². The van der Waals surface area contributed by atoms with Crippen molar-refractivity contribution in [2.45, 2.75) is 38.2 Å². The minimum atomic E-state index is -5.63. The summed E-state index contributed by atoms with van der Waals surface area (Å²) in [6.07, 6.45) is -10.6. The molecule has 0 spiro atoms. The van der Waals surface area contributed by atoms with Gasteiger partial charge in [0.05, 0.1) is 0 Å². The molecule has 0 unspecified atom stereocenters. The number of halogens is 6. The second-order valence-electron chi connectivity index (χ2n) is 4.62. The summed E-state index contributed by atoms with van der Waals surface area (Å²) < 4.78 is 75.3. The second kappa shape index (κ2) is 6.19. The standard InChI is InChI=1S/C11H16F6N2O/c1-2-19(7-3-5-18-6-4-7)9(20)8(10(12,13)14)11(15,16)17/h7-8,18H,2-6H2,1H3. The summed E-state index contributed by atoms with van der Waals surface area (Å²) in [4.78, 5) is 12.4. The lowest BCUT2D eigenvalue weighted by Crippen LogP contribution is -2.54. The van der Waals surface area contributed by atoms with E-state index in [1.807, 2.05) is 0 Å². The van der Waals surface area contributed by atoms with Gasteiger partial charge in [-0.1, -0.05) is 0 Å². The summed E-state index contributed by atoms with van der Waals surface area (Å²) in [6.45, 7) is 2.14. The van der Waals surface area contributed by atoms with Crippen LogP contribution in [0.15, 0.2) is 0 Å². The van der Waals surface area contributed by atoms with Gasteiger partial charge in [0.1, 0.15) is 0 Å². The highest BCUT2D eigenvalue weighted by molar-refractivity contribution is 5.80. The molecule has 1 fully saturated rings. The first-order valence-corrected chi connectivity index (χ1v) is 6.23. The molecule has 3 nitrogen and oxygen atoms in total. The Balaban J connectivity index is 2.97. The molecule has 0 aromatic heterocycles. The lowest BCUT2D eigenvalue weighted by molar-refractivity contribution is -0.278. The van der Waals surface area contributed by atoms with Gasteiger partial charge in [0.2, 0.25) is 11.8 Å². The molecule has 0 radical (unpaired) electrons. The maximum Gasteiger partial charge on any atom is 0.409 e. The maximum absolute atomic E-state index is 12.6. The van der Waals surface area contributed by atoms with E-state index in [-0.39, 0.29) is 6.54 Å². The van der Waals surface area contributed by atoms with Crippen LogP contribution < -0.4 is 5.32 Å². The lowest BCUT2D eigenvalue weighted by Gasteiger charge is -2.36. The average molecular weight is 306 g/mol. The third-order valence-electron chi connectivity index (χ3n) is 3.27. The molecular formula is C11H16F6N2O. The minimum absolute atomic E-state index is 0.174. The van der Waals surface area contributed by atoms with Crippen LogP contribution in [-0.2, 0) is 4.79 Å². The van der Waals surface area contributed by atoms with Crippen LogP contribution >= 0.6 is 0 Å². The lowest BCUT2D eigenvalue weighted by atomic mass is 10.0. The fourth-order valence-corrected chi connectivity index (χ4v) is 2.34. The van der Waals surface area contributed by atoms with Gasteiger partial charge in [0.15, 0.2) is 0 Å². The van der Waals surface area contributed by atoms with E-state index in [0.717, 1.165) is 0 Å². The molecule has 0 aromatic rings. The number of rotatable bonds is 3. The van der Waals surface area contributed by atoms with Crippen LogP contribution in [0.4, 0.5) is 26.3 Å². The fourth-order valence-electron chi connectivity index (χ4n) is 2.34. The van der Waals surface area contributed by atoms with Gasteiger partial charge < -0.3 is 10.2 Å². The highest BCUT2D eigenvalue weighted by atomic mass is 19.4. The van der Waals surface area contributed by atoms with Crippen LogP contribution in [0, 0.1) is 5.92 Å². The molecule has 1 aliphatic rings. The predicted octanol–water partition coefficient (Wildman–Crippen LogP) is 2.33. The van der Waals surface area contributed by atoms with Gasteiger partial charge >= 0.3 is 12.4 Å². The molecule has 20 heavy (non-hydrogen) atoms. The Morgan fingerprint density at radius 1 is 1.15 bits per heavy atom. The number of alkyl halides is 6. The minimum Gasteiger partial charge on any atom is -0.339 e. The highest BCUT2D eigenvalue weighted by Gasteiger charge is 2.62. The number of carbonyl (C=O) groups excluding carboxylic acids is 1. The molecule has 118 valence electrons. The van der Waals surface area contributed by atoms with E-state index >= 15 is 0 Å². The van der Waals surface area contributed by atoms with E-state index < -0.39 is 30.2 Å². The van der Waals surface area contributed by atoms with Crippen LogP contribution in [0.25, 0.3) is 0 Å². The monoisotopic (exact) mass is 306 g/mol. The number of nitrogens with one attached hydrogen (secondary N) is 1. The molecule has 1 rings (SSSR count). The average Bonchev–Trinajstić information content (AvgIpc) is 2.27. The van der Waals surface area contributed by atoms with Crippen LogP contribution in [0.3, 0.4) is 0 Å². The molecule has 0 saturated carbocycles.